The van der Waals surface area contributed by atoms with Crippen LogP contribution in [0.1, 0.15) is 0 Å². The Kier molecular flexibility index (Phi) is 1.39. The first-order chi connectivity index (χ1) is 4.51. The van der Waals surface area contributed by atoms with Crippen LogP contribution in [0.15, 0.2) is 0 Å². The second-order valence-corrected chi connectivity index (χ2v) is 2.28. The molecule has 0 amide bonds. The van der Waals surface area contributed by atoms with Crippen LogP contribution < -0.4 is 0 Å². The maximum absolute atomic E-state index is 12.2. The Hall–Kier alpha value is -0.710. The summed E-state index contributed by atoms with van der Waals surface area (Å²) in [4.78, 5) is 9.96. The lowest BCUT2D eigenvalue weighted by atomic mass is 10.3. The molecule has 1 fully saturated rings. The summed E-state index contributed by atoms with van der Waals surface area (Å²) >= 11 is 0. The largest absolute Gasteiger partial charge is 0.481 e. The van der Waals surface area contributed by atoms with Gasteiger partial charge in [-0.25, -0.2) is 8.78 Å². The van der Waals surface area contributed by atoms with Crippen molar-refractivity contribution in [2.75, 3.05) is 6.61 Å². The maximum Gasteiger partial charge on any atom is 0.313 e. The Morgan fingerprint density at radius 3 is 2.20 bits per heavy atom. The van der Waals surface area contributed by atoms with Crippen LogP contribution in [-0.4, -0.2) is 28.7 Å². The SMILES string of the molecule is O=C(O)C1C(CO)C1(F)F. The molecule has 0 heterocycles. The van der Waals surface area contributed by atoms with Gasteiger partial charge in [0.05, 0.1) is 12.5 Å². The summed E-state index contributed by atoms with van der Waals surface area (Å²) < 4.78 is 24.3. The van der Waals surface area contributed by atoms with Gasteiger partial charge in [-0.15, -0.1) is 0 Å². The number of halogens is 2. The Morgan fingerprint density at radius 2 is 2.10 bits per heavy atom. The van der Waals surface area contributed by atoms with Gasteiger partial charge < -0.3 is 10.2 Å². The van der Waals surface area contributed by atoms with Crippen LogP contribution >= 0.6 is 0 Å². The molecule has 0 spiro atoms. The van der Waals surface area contributed by atoms with Gasteiger partial charge in [-0.2, -0.15) is 0 Å². The first kappa shape index (κ1) is 7.40. The fraction of sp³-hybridized carbons (Fsp3) is 0.800. The number of rotatable bonds is 2. The van der Waals surface area contributed by atoms with E-state index in [1.54, 1.807) is 0 Å². The molecule has 0 aromatic carbocycles. The van der Waals surface area contributed by atoms with E-state index in [9.17, 15) is 13.6 Å². The molecule has 1 rings (SSSR count). The summed E-state index contributed by atoms with van der Waals surface area (Å²) in [5.74, 6) is -7.77. The third-order valence-electron chi connectivity index (χ3n) is 1.67. The highest BCUT2D eigenvalue weighted by Gasteiger charge is 2.72. The number of carboxylic acid groups (broad SMARTS) is 1. The molecule has 5 heteroatoms. The van der Waals surface area contributed by atoms with Crippen molar-refractivity contribution >= 4 is 5.97 Å². The van der Waals surface area contributed by atoms with Crippen LogP contribution in [0.25, 0.3) is 0 Å². The van der Waals surface area contributed by atoms with E-state index in [-0.39, 0.29) is 0 Å². The summed E-state index contributed by atoms with van der Waals surface area (Å²) in [6, 6.07) is 0. The first-order valence-electron chi connectivity index (χ1n) is 2.73. The Labute approximate surface area is 55.3 Å². The average Bonchev–Trinajstić information content (AvgIpc) is 2.33. The van der Waals surface area contributed by atoms with Crippen molar-refractivity contribution < 1.29 is 23.8 Å². The highest BCUT2D eigenvalue weighted by Crippen LogP contribution is 2.54. The molecule has 1 aliphatic carbocycles. The molecule has 3 nitrogen and oxygen atoms in total. The van der Waals surface area contributed by atoms with E-state index in [0.29, 0.717) is 0 Å². The van der Waals surface area contributed by atoms with Crippen molar-refractivity contribution in [1.29, 1.82) is 0 Å². The number of aliphatic hydroxyl groups is 1. The van der Waals surface area contributed by atoms with Crippen molar-refractivity contribution in [2.45, 2.75) is 5.92 Å². The highest BCUT2D eigenvalue weighted by atomic mass is 19.3. The molecule has 10 heavy (non-hydrogen) atoms. The third kappa shape index (κ3) is 0.775. The lowest BCUT2D eigenvalue weighted by molar-refractivity contribution is -0.141. The molecule has 0 aromatic rings. The van der Waals surface area contributed by atoms with Gasteiger partial charge in [-0.05, 0) is 0 Å². The van der Waals surface area contributed by atoms with E-state index in [4.69, 9.17) is 10.2 Å². The smallest absolute Gasteiger partial charge is 0.313 e. The molecule has 2 N–H and O–H groups in total. The second kappa shape index (κ2) is 1.88. The number of carbonyl (C=O) groups is 1. The Balaban J connectivity index is 2.61. The monoisotopic (exact) mass is 152 g/mol. The minimum Gasteiger partial charge on any atom is -0.481 e. The van der Waals surface area contributed by atoms with Gasteiger partial charge in [0.15, 0.2) is 0 Å². The van der Waals surface area contributed by atoms with Gasteiger partial charge in [0.1, 0.15) is 5.92 Å². The Morgan fingerprint density at radius 1 is 1.60 bits per heavy atom. The zero-order valence-corrected chi connectivity index (χ0v) is 4.92. The van der Waals surface area contributed by atoms with Crippen LogP contribution in [0, 0.1) is 11.8 Å². The van der Waals surface area contributed by atoms with Gasteiger partial charge in [0.25, 0.3) is 5.92 Å². The van der Waals surface area contributed by atoms with Crippen molar-refractivity contribution in [3.05, 3.63) is 0 Å². The minimum absolute atomic E-state index is 0.760. The number of hydrogen-bond acceptors (Lipinski definition) is 2. The van der Waals surface area contributed by atoms with Crippen LogP contribution in [0.5, 0.6) is 0 Å². The molecule has 2 unspecified atom stereocenters. The number of alkyl halides is 2. The van der Waals surface area contributed by atoms with E-state index in [0.717, 1.165) is 0 Å². The molecule has 0 aromatic heterocycles. The fourth-order valence-electron chi connectivity index (χ4n) is 0.954. The van der Waals surface area contributed by atoms with Gasteiger partial charge in [-0.3, -0.25) is 4.79 Å². The van der Waals surface area contributed by atoms with Crippen LogP contribution in [-0.2, 0) is 4.79 Å². The first-order valence-corrected chi connectivity index (χ1v) is 2.73. The van der Waals surface area contributed by atoms with Crippen LogP contribution in [0.4, 0.5) is 8.78 Å². The normalized spacial score (nSPS) is 35.5. The van der Waals surface area contributed by atoms with E-state index in [1.807, 2.05) is 0 Å². The zero-order chi connectivity index (χ0) is 7.94. The lowest BCUT2D eigenvalue weighted by Crippen LogP contribution is -2.04. The van der Waals surface area contributed by atoms with Crippen LogP contribution in [0.3, 0.4) is 0 Å². The second-order valence-electron chi connectivity index (χ2n) is 2.28. The number of hydrogen-bond donors (Lipinski definition) is 2. The molecule has 0 aliphatic heterocycles. The molecule has 0 bridgehead atoms. The molecule has 1 aliphatic rings. The summed E-state index contributed by atoms with van der Waals surface area (Å²) in [5, 5.41) is 16.3. The van der Waals surface area contributed by atoms with E-state index < -0.39 is 30.3 Å². The molecule has 0 radical (unpaired) electrons. The molecule has 2 atom stereocenters. The minimum atomic E-state index is -3.19. The predicted octanol–water partition coefficient (Wildman–Crippen LogP) is -0.0554. The van der Waals surface area contributed by atoms with Crippen molar-refractivity contribution in [2.24, 2.45) is 11.8 Å². The lowest BCUT2D eigenvalue weighted by Gasteiger charge is -1.87. The predicted molar refractivity (Wildman–Crippen MR) is 26.6 cm³/mol. The molecular formula is C5H6F2O3. The van der Waals surface area contributed by atoms with Gasteiger partial charge in [0, 0.05) is 0 Å². The fourth-order valence-corrected chi connectivity index (χ4v) is 0.954. The van der Waals surface area contributed by atoms with Gasteiger partial charge in [-0.1, -0.05) is 0 Å². The molecule has 58 valence electrons. The van der Waals surface area contributed by atoms with E-state index in [1.165, 1.54) is 0 Å². The molecular weight excluding hydrogens is 146 g/mol. The van der Waals surface area contributed by atoms with Crippen molar-refractivity contribution in [3.8, 4) is 0 Å². The van der Waals surface area contributed by atoms with E-state index in [2.05, 4.69) is 0 Å². The van der Waals surface area contributed by atoms with Crippen LogP contribution in [0.2, 0.25) is 0 Å². The Bertz CT molecular complexity index is 168. The molecule has 0 saturated heterocycles. The highest BCUT2D eigenvalue weighted by molar-refractivity contribution is 5.76. The number of aliphatic carboxylic acids is 1. The maximum atomic E-state index is 12.2. The summed E-state index contributed by atoms with van der Waals surface area (Å²) in [6.45, 7) is -0.760. The molecule has 1 saturated carbocycles. The third-order valence-corrected chi connectivity index (χ3v) is 1.67. The standard InChI is InChI=1S/C5H6F2O3/c6-5(7)2(1-8)3(5)4(9)10/h2-3,8H,1H2,(H,9,10). The summed E-state index contributed by atoms with van der Waals surface area (Å²) in [6.07, 6.45) is 0. The van der Waals surface area contributed by atoms with E-state index >= 15 is 0 Å². The number of carboxylic acids is 1. The number of aliphatic hydroxyl groups excluding tert-OH is 1. The van der Waals surface area contributed by atoms with Crippen molar-refractivity contribution in [1.82, 2.24) is 0 Å². The van der Waals surface area contributed by atoms with Gasteiger partial charge in [0.2, 0.25) is 0 Å². The topological polar surface area (TPSA) is 57.5 Å². The zero-order valence-electron chi connectivity index (χ0n) is 4.92. The van der Waals surface area contributed by atoms with Crippen molar-refractivity contribution in [3.63, 3.8) is 0 Å². The summed E-state index contributed by atoms with van der Waals surface area (Å²) in [5.41, 5.74) is 0. The average molecular weight is 152 g/mol. The quantitative estimate of drug-likeness (QED) is 0.583. The summed E-state index contributed by atoms with van der Waals surface area (Å²) in [7, 11) is 0. The van der Waals surface area contributed by atoms with Gasteiger partial charge >= 0.3 is 5.97 Å².